The van der Waals surface area contributed by atoms with Crippen molar-refractivity contribution in [3.8, 4) is 5.75 Å². The average molecular weight is 336 g/mol. The Balaban J connectivity index is 1.87. The van der Waals surface area contributed by atoms with E-state index < -0.39 is 6.09 Å². The minimum atomic E-state index is -0.836. The van der Waals surface area contributed by atoms with Crippen LogP contribution in [0.4, 0.5) is 4.79 Å². The number of benzene rings is 2. The number of nitrogens with two attached hydrogens (primary N) is 1. The lowest BCUT2D eigenvalue weighted by atomic mass is 9.72. The summed E-state index contributed by atoms with van der Waals surface area (Å²) in [5.74, 6) is 1.28. The second-order valence-electron chi connectivity index (χ2n) is 6.36. The molecule has 1 fully saturated rings. The lowest BCUT2D eigenvalue weighted by Crippen LogP contribution is -2.41. The summed E-state index contributed by atoms with van der Waals surface area (Å²) in [5, 5.41) is 3.42. The Labute approximate surface area is 145 Å². The van der Waals surface area contributed by atoms with E-state index in [1.54, 1.807) is 6.07 Å². The molecule has 0 spiro atoms. The maximum Gasteiger partial charge on any atom is 0.410 e. The number of ether oxygens (including phenoxy) is 1. The van der Waals surface area contributed by atoms with Crippen LogP contribution in [-0.2, 0) is 5.41 Å². The number of para-hydroxylation sites is 1. The van der Waals surface area contributed by atoms with E-state index >= 15 is 0 Å². The zero-order chi connectivity index (χ0) is 17.3. The van der Waals surface area contributed by atoms with Gasteiger partial charge in [-0.2, -0.15) is 0 Å². The summed E-state index contributed by atoms with van der Waals surface area (Å²) in [4.78, 5) is 19.4. The molecule has 1 saturated heterocycles. The lowest BCUT2D eigenvalue weighted by Gasteiger charge is -2.36. The third-order valence-corrected chi connectivity index (χ3v) is 4.92. The molecule has 0 atom stereocenters. The molecule has 25 heavy (non-hydrogen) atoms. The molecule has 4 N–H and O–H groups in total. The van der Waals surface area contributed by atoms with E-state index in [2.05, 4.69) is 34.6 Å². The highest BCUT2D eigenvalue weighted by atomic mass is 16.5. The highest BCUT2D eigenvalue weighted by Crippen LogP contribution is 2.40. The fraction of sp³-hybridized carbons (Fsp3) is 0.263. The number of piperidine rings is 1. The Bertz CT molecular complexity index is 898. The van der Waals surface area contributed by atoms with Gasteiger partial charge in [0, 0.05) is 0 Å². The summed E-state index contributed by atoms with van der Waals surface area (Å²) in [6.45, 7) is 1.85. The number of nitrogens with zero attached hydrogens (tertiary/aromatic N) is 1. The van der Waals surface area contributed by atoms with Crippen LogP contribution in [0.3, 0.4) is 0 Å². The first-order valence-electron chi connectivity index (χ1n) is 8.42. The number of fused-ring (bicyclic) bond motifs is 1. The van der Waals surface area contributed by atoms with Crippen LogP contribution in [-0.4, -0.2) is 29.2 Å². The summed E-state index contributed by atoms with van der Waals surface area (Å²) in [5.41, 5.74) is 7.70. The number of hydrogen-bond acceptors (Lipinski definition) is 4. The molecule has 0 saturated carbocycles. The van der Waals surface area contributed by atoms with Crippen LogP contribution in [0.25, 0.3) is 11.0 Å². The van der Waals surface area contributed by atoms with E-state index in [1.165, 1.54) is 5.56 Å². The number of amides is 1. The second kappa shape index (κ2) is 6.22. The Kier molecular flexibility index (Phi) is 3.89. The standard InChI is InChI=1S/C19H20N4O2/c20-18(24)25-15-8-4-7-14-16(15)23-17(22-14)19(9-11-21-12-10-19)13-5-2-1-3-6-13/h1-8,21H,9-12H2,(H2,20,24)(H,22,23). The molecule has 1 amide bonds. The molecule has 1 aromatic heterocycles. The minimum absolute atomic E-state index is 0.185. The molecule has 0 unspecified atom stereocenters. The Morgan fingerprint density at radius 1 is 1.08 bits per heavy atom. The fourth-order valence-electron chi connectivity index (χ4n) is 3.70. The molecule has 2 heterocycles. The van der Waals surface area contributed by atoms with Gasteiger partial charge in [0.1, 0.15) is 11.3 Å². The van der Waals surface area contributed by atoms with Crippen LogP contribution >= 0.6 is 0 Å². The molecule has 1 aliphatic heterocycles. The molecular weight excluding hydrogens is 316 g/mol. The van der Waals surface area contributed by atoms with Gasteiger partial charge < -0.3 is 20.8 Å². The van der Waals surface area contributed by atoms with Gasteiger partial charge in [0.05, 0.1) is 10.9 Å². The number of aromatic amines is 1. The van der Waals surface area contributed by atoms with Crippen molar-refractivity contribution in [2.75, 3.05) is 13.1 Å². The smallest absolute Gasteiger partial charge is 0.408 e. The van der Waals surface area contributed by atoms with E-state index in [1.807, 2.05) is 18.2 Å². The number of carbonyl (C=O) groups is 1. The van der Waals surface area contributed by atoms with Gasteiger partial charge in [-0.1, -0.05) is 36.4 Å². The third-order valence-electron chi connectivity index (χ3n) is 4.92. The molecule has 0 bridgehead atoms. The first kappa shape index (κ1) is 15.7. The van der Waals surface area contributed by atoms with Gasteiger partial charge >= 0.3 is 6.09 Å². The van der Waals surface area contributed by atoms with Crippen LogP contribution in [0.15, 0.2) is 48.5 Å². The van der Waals surface area contributed by atoms with Crippen molar-refractivity contribution in [3.63, 3.8) is 0 Å². The molecular formula is C19H20N4O2. The maximum atomic E-state index is 11.2. The Hall–Kier alpha value is -2.86. The van der Waals surface area contributed by atoms with Crippen LogP contribution in [0.1, 0.15) is 24.2 Å². The normalized spacial score (nSPS) is 16.6. The number of carbonyl (C=O) groups excluding carboxylic acids is 1. The molecule has 6 heteroatoms. The molecule has 0 aliphatic carbocycles. The average Bonchev–Trinajstić information content (AvgIpc) is 3.08. The van der Waals surface area contributed by atoms with Crippen molar-refractivity contribution < 1.29 is 9.53 Å². The first-order valence-corrected chi connectivity index (χ1v) is 8.42. The van der Waals surface area contributed by atoms with Crippen molar-refractivity contribution in [1.82, 2.24) is 15.3 Å². The number of imidazole rings is 1. The zero-order valence-corrected chi connectivity index (χ0v) is 13.8. The van der Waals surface area contributed by atoms with Crippen LogP contribution < -0.4 is 15.8 Å². The van der Waals surface area contributed by atoms with Crippen molar-refractivity contribution in [2.45, 2.75) is 18.3 Å². The molecule has 1 aliphatic rings. The molecule has 6 nitrogen and oxygen atoms in total. The van der Waals surface area contributed by atoms with Gasteiger partial charge in [0.25, 0.3) is 0 Å². The number of nitrogens with one attached hydrogen (secondary N) is 2. The van der Waals surface area contributed by atoms with Gasteiger partial charge in [-0.05, 0) is 43.6 Å². The zero-order valence-electron chi connectivity index (χ0n) is 13.8. The topological polar surface area (TPSA) is 93.0 Å². The van der Waals surface area contributed by atoms with Gasteiger partial charge in [-0.15, -0.1) is 0 Å². The van der Waals surface area contributed by atoms with Gasteiger partial charge in [0.2, 0.25) is 0 Å². The van der Waals surface area contributed by atoms with Crippen molar-refractivity contribution in [1.29, 1.82) is 0 Å². The van der Waals surface area contributed by atoms with Crippen molar-refractivity contribution in [3.05, 3.63) is 59.9 Å². The Morgan fingerprint density at radius 2 is 1.84 bits per heavy atom. The maximum absolute atomic E-state index is 11.2. The second-order valence-corrected chi connectivity index (χ2v) is 6.36. The quantitative estimate of drug-likeness (QED) is 0.685. The molecule has 0 radical (unpaired) electrons. The van der Waals surface area contributed by atoms with Gasteiger partial charge in [-0.3, -0.25) is 0 Å². The number of aromatic nitrogens is 2. The molecule has 3 aromatic rings. The summed E-state index contributed by atoms with van der Waals surface area (Å²) in [6, 6.07) is 15.9. The number of hydrogen-bond donors (Lipinski definition) is 3. The monoisotopic (exact) mass is 336 g/mol. The van der Waals surface area contributed by atoms with Gasteiger partial charge in [-0.25, -0.2) is 9.78 Å². The van der Waals surface area contributed by atoms with Crippen LogP contribution in [0.5, 0.6) is 5.75 Å². The first-order chi connectivity index (χ1) is 12.2. The Morgan fingerprint density at radius 3 is 2.56 bits per heavy atom. The van der Waals surface area contributed by atoms with E-state index in [9.17, 15) is 4.79 Å². The lowest BCUT2D eigenvalue weighted by molar-refractivity contribution is 0.211. The predicted molar refractivity (Wildman–Crippen MR) is 95.6 cm³/mol. The van der Waals surface area contributed by atoms with Crippen molar-refractivity contribution >= 4 is 17.1 Å². The summed E-state index contributed by atoms with van der Waals surface area (Å²) in [7, 11) is 0. The third kappa shape index (κ3) is 2.74. The van der Waals surface area contributed by atoms with E-state index in [0.717, 1.165) is 37.3 Å². The largest absolute Gasteiger partial charge is 0.410 e. The van der Waals surface area contributed by atoms with Crippen LogP contribution in [0.2, 0.25) is 0 Å². The molecule has 4 rings (SSSR count). The fourth-order valence-corrected chi connectivity index (χ4v) is 3.70. The summed E-state index contributed by atoms with van der Waals surface area (Å²) in [6.07, 6.45) is 1.06. The summed E-state index contributed by atoms with van der Waals surface area (Å²) < 4.78 is 5.11. The predicted octanol–water partition coefficient (Wildman–Crippen LogP) is 2.69. The molecule has 2 aromatic carbocycles. The van der Waals surface area contributed by atoms with Crippen molar-refractivity contribution in [2.24, 2.45) is 5.73 Å². The highest BCUT2D eigenvalue weighted by Gasteiger charge is 2.38. The van der Waals surface area contributed by atoms with E-state index in [-0.39, 0.29) is 5.41 Å². The highest BCUT2D eigenvalue weighted by molar-refractivity contribution is 5.84. The van der Waals surface area contributed by atoms with Crippen LogP contribution in [0, 0.1) is 0 Å². The molecule has 128 valence electrons. The number of H-pyrrole nitrogens is 1. The van der Waals surface area contributed by atoms with Gasteiger partial charge in [0.15, 0.2) is 5.75 Å². The SMILES string of the molecule is NC(=O)Oc1cccc2[nH]c(C3(c4ccccc4)CCNCC3)nc12. The van der Waals surface area contributed by atoms with E-state index in [4.69, 9.17) is 15.5 Å². The number of rotatable bonds is 3. The van der Waals surface area contributed by atoms with E-state index in [0.29, 0.717) is 11.3 Å². The minimum Gasteiger partial charge on any atom is -0.408 e. The summed E-state index contributed by atoms with van der Waals surface area (Å²) >= 11 is 0. The number of primary amides is 1.